The monoisotopic (exact) mass is 318 g/mol. The first-order chi connectivity index (χ1) is 10.9. The van der Waals surface area contributed by atoms with Crippen LogP contribution in [0.25, 0.3) is 0 Å². The minimum Gasteiger partial charge on any atom is -0.390 e. The summed E-state index contributed by atoms with van der Waals surface area (Å²) in [6, 6.07) is 10.2. The number of rotatable bonds is 7. The maximum absolute atomic E-state index is 9.55. The van der Waals surface area contributed by atoms with E-state index in [-0.39, 0.29) is 12.0 Å². The number of benzene rings is 1. The summed E-state index contributed by atoms with van der Waals surface area (Å²) in [7, 11) is 1.61. The van der Waals surface area contributed by atoms with Gasteiger partial charge in [0.25, 0.3) is 0 Å². The summed E-state index contributed by atoms with van der Waals surface area (Å²) >= 11 is 0. The summed E-state index contributed by atoms with van der Waals surface area (Å²) < 4.78 is 12.1. The molecule has 2 aromatic rings. The van der Waals surface area contributed by atoms with E-state index in [0.29, 0.717) is 19.9 Å². The Balaban J connectivity index is 2.08. The molecule has 1 aromatic carbocycles. The molecular weight excluding hydrogens is 292 g/mol. The van der Waals surface area contributed by atoms with Gasteiger partial charge in [0.15, 0.2) is 0 Å². The number of aliphatic hydroxyl groups excluding tert-OH is 1. The molecule has 23 heavy (non-hydrogen) atoms. The van der Waals surface area contributed by atoms with Gasteiger partial charge in [-0.2, -0.15) is 5.10 Å². The van der Waals surface area contributed by atoms with Crippen LogP contribution in [0.4, 0.5) is 0 Å². The normalized spacial score (nSPS) is 11.9. The van der Waals surface area contributed by atoms with Crippen LogP contribution in [0, 0.1) is 0 Å². The fraction of sp³-hybridized carbons (Fsp3) is 0.500. The highest BCUT2D eigenvalue weighted by molar-refractivity contribution is 5.24. The van der Waals surface area contributed by atoms with Gasteiger partial charge < -0.3 is 14.6 Å². The quantitative estimate of drug-likeness (QED) is 0.630. The number of aliphatic hydroxyl groups is 1. The van der Waals surface area contributed by atoms with Crippen LogP contribution in [0.3, 0.4) is 0 Å². The van der Waals surface area contributed by atoms with Gasteiger partial charge >= 0.3 is 0 Å². The Kier molecular flexibility index (Phi) is 5.93. The molecule has 1 aromatic heterocycles. The third kappa shape index (κ3) is 4.89. The van der Waals surface area contributed by atoms with Crippen LogP contribution in [0.2, 0.25) is 0 Å². The zero-order valence-electron chi connectivity index (χ0n) is 14.4. The number of hydrogen-bond donors (Lipinski definition) is 1. The van der Waals surface area contributed by atoms with Gasteiger partial charge in [0.2, 0.25) is 0 Å². The zero-order valence-corrected chi connectivity index (χ0v) is 14.4. The van der Waals surface area contributed by atoms with E-state index in [1.807, 2.05) is 22.9 Å². The van der Waals surface area contributed by atoms with E-state index >= 15 is 0 Å². The summed E-state index contributed by atoms with van der Waals surface area (Å²) in [6.45, 7) is 7.83. The van der Waals surface area contributed by atoms with Gasteiger partial charge in [0, 0.05) is 12.5 Å². The summed E-state index contributed by atoms with van der Waals surface area (Å²) in [4.78, 5) is 0. The molecule has 0 saturated carbocycles. The van der Waals surface area contributed by atoms with Gasteiger partial charge in [-0.15, -0.1) is 0 Å². The number of aromatic nitrogens is 2. The van der Waals surface area contributed by atoms with Crippen LogP contribution in [-0.4, -0.2) is 28.8 Å². The lowest BCUT2D eigenvalue weighted by atomic mass is 9.92. The molecule has 0 aliphatic rings. The molecule has 126 valence electrons. The molecule has 0 aliphatic heterocycles. The number of hydrogen-bond acceptors (Lipinski definition) is 4. The molecule has 0 saturated heterocycles. The van der Waals surface area contributed by atoms with E-state index in [4.69, 9.17) is 9.47 Å². The summed E-state index contributed by atoms with van der Waals surface area (Å²) in [5.41, 5.74) is 4.04. The Morgan fingerprint density at radius 1 is 1.13 bits per heavy atom. The molecule has 1 N–H and O–H groups in total. The molecular formula is C18H26N2O3. The van der Waals surface area contributed by atoms with Gasteiger partial charge in [-0.1, -0.05) is 45.0 Å². The molecule has 0 fully saturated rings. The van der Waals surface area contributed by atoms with E-state index in [0.717, 1.165) is 22.5 Å². The maximum atomic E-state index is 9.55. The Labute approximate surface area is 137 Å². The van der Waals surface area contributed by atoms with Crippen molar-refractivity contribution in [2.24, 2.45) is 0 Å². The van der Waals surface area contributed by atoms with Gasteiger partial charge in [-0.05, 0) is 17.2 Å². The van der Waals surface area contributed by atoms with Crippen molar-refractivity contribution in [3.05, 3.63) is 52.8 Å². The topological polar surface area (TPSA) is 56.5 Å². The van der Waals surface area contributed by atoms with E-state index in [2.05, 4.69) is 38.0 Å². The highest BCUT2D eigenvalue weighted by Crippen LogP contribution is 2.22. The van der Waals surface area contributed by atoms with Crippen molar-refractivity contribution < 1.29 is 14.6 Å². The maximum Gasteiger partial charge on any atom is 0.146 e. The predicted octanol–water partition coefficient (Wildman–Crippen LogP) is 2.84. The summed E-state index contributed by atoms with van der Waals surface area (Å²) in [5.74, 6) is 0. The molecule has 2 rings (SSSR count). The Hall–Kier alpha value is -1.69. The summed E-state index contributed by atoms with van der Waals surface area (Å²) in [6.07, 6.45) is 0. The molecule has 0 bridgehead atoms. The number of ether oxygens (including phenoxy) is 2. The van der Waals surface area contributed by atoms with Crippen molar-refractivity contribution in [2.75, 3.05) is 13.9 Å². The first kappa shape index (κ1) is 17.7. The standard InChI is InChI=1S/C18H26N2O3/c1-18(2,3)17-9-16(11-21)20(19-17)10-14-5-7-15(8-6-14)12-23-13-22-4/h5-9,21H,10-13H2,1-4H3. The minimum absolute atomic E-state index is 0.00792. The van der Waals surface area contributed by atoms with Gasteiger partial charge in [0.05, 0.1) is 31.1 Å². The van der Waals surface area contributed by atoms with E-state index in [9.17, 15) is 5.11 Å². The minimum atomic E-state index is -0.0300. The van der Waals surface area contributed by atoms with E-state index < -0.39 is 0 Å². The second-order valence-corrected chi connectivity index (χ2v) is 6.66. The van der Waals surface area contributed by atoms with Gasteiger partial charge in [-0.3, -0.25) is 4.68 Å². The van der Waals surface area contributed by atoms with Crippen LogP contribution in [-0.2, 0) is 34.6 Å². The van der Waals surface area contributed by atoms with Crippen LogP contribution in [0.5, 0.6) is 0 Å². The fourth-order valence-corrected chi connectivity index (χ4v) is 2.24. The lowest BCUT2D eigenvalue weighted by Gasteiger charge is -2.14. The molecule has 5 heteroatoms. The van der Waals surface area contributed by atoms with E-state index in [1.165, 1.54) is 0 Å². The predicted molar refractivity (Wildman–Crippen MR) is 89.1 cm³/mol. The molecule has 1 heterocycles. The lowest BCUT2D eigenvalue weighted by Crippen LogP contribution is -2.13. The van der Waals surface area contributed by atoms with Crippen LogP contribution < -0.4 is 0 Å². The fourth-order valence-electron chi connectivity index (χ4n) is 2.24. The third-order valence-corrected chi connectivity index (χ3v) is 3.62. The average molecular weight is 318 g/mol. The SMILES string of the molecule is COCOCc1ccc(Cn2nc(C(C)(C)C)cc2CO)cc1. The highest BCUT2D eigenvalue weighted by Gasteiger charge is 2.19. The van der Waals surface area contributed by atoms with Gasteiger partial charge in [-0.25, -0.2) is 0 Å². The molecule has 5 nitrogen and oxygen atoms in total. The average Bonchev–Trinajstić information content (AvgIpc) is 2.92. The smallest absolute Gasteiger partial charge is 0.146 e. The molecule has 0 amide bonds. The van der Waals surface area contributed by atoms with Crippen molar-refractivity contribution in [3.63, 3.8) is 0 Å². The molecule has 0 atom stereocenters. The largest absolute Gasteiger partial charge is 0.390 e. The van der Waals surface area contributed by atoms with Crippen LogP contribution in [0.15, 0.2) is 30.3 Å². The first-order valence-corrected chi connectivity index (χ1v) is 7.76. The number of nitrogens with zero attached hydrogens (tertiary/aromatic N) is 2. The Morgan fingerprint density at radius 2 is 1.78 bits per heavy atom. The van der Waals surface area contributed by atoms with Crippen LogP contribution >= 0.6 is 0 Å². The molecule has 0 aliphatic carbocycles. The lowest BCUT2D eigenvalue weighted by molar-refractivity contribution is -0.0390. The van der Waals surface area contributed by atoms with E-state index in [1.54, 1.807) is 7.11 Å². The molecule has 0 radical (unpaired) electrons. The zero-order chi connectivity index (χ0) is 16.9. The first-order valence-electron chi connectivity index (χ1n) is 7.76. The Bertz CT molecular complexity index is 612. The van der Waals surface area contributed by atoms with Crippen molar-refractivity contribution in [1.29, 1.82) is 0 Å². The van der Waals surface area contributed by atoms with Crippen molar-refractivity contribution in [1.82, 2.24) is 9.78 Å². The summed E-state index contributed by atoms with van der Waals surface area (Å²) in [5, 5.41) is 14.2. The second-order valence-electron chi connectivity index (χ2n) is 6.66. The third-order valence-electron chi connectivity index (χ3n) is 3.62. The molecule has 0 unspecified atom stereocenters. The second kappa shape index (κ2) is 7.73. The van der Waals surface area contributed by atoms with Crippen molar-refractivity contribution in [2.45, 2.75) is 45.9 Å². The molecule has 0 spiro atoms. The number of methoxy groups -OCH3 is 1. The highest BCUT2D eigenvalue weighted by atomic mass is 16.7. The van der Waals surface area contributed by atoms with Crippen LogP contribution in [0.1, 0.15) is 43.3 Å². The Morgan fingerprint density at radius 3 is 2.35 bits per heavy atom. The van der Waals surface area contributed by atoms with Crippen molar-refractivity contribution in [3.8, 4) is 0 Å². The van der Waals surface area contributed by atoms with Crippen molar-refractivity contribution >= 4 is 0 Å². The van der Waals surface area contributed by atoms with Gasteiger partial charge in [0.1, 0.15) is 6.79 Å².